The lowest BCUT2D eigenvalue weighted by Gasteiger charge is -2.23. The Bertz CT molecular complexity index is 813. The third-order valence-corrected chi connectivity index (χ3v) is 4.76. The second-order valence-electron chi connectivity index (χ2n) is 7.20. The lowest BCUT2D eigenvalue weighted by atomic mass is 9.82. The van der Waals surface area contributed by atoms with Crippen LogP contribution >= 0.6 is 0 Å². The van der Waals surface area contributed by atoms with Crippen LogP contribution < -0.4 is 4.74 Å². The van der Waals surface area contributed by atoms with Crippen molar-refractivity contribution in [1.82, 2.24) is 0 Å². The maximum atomic E-state index is 10.7. The molecule has 0 fully saturated rings. The molecule has 0 aromatic heterocycles. The molecule has 0 aliphatic rings. The maximum Gasteiger partial charge on any atom is 0.341 e. The van der Waals surface area contributed by atoms with E-state index in [-0.39, 0.29) is 18.4 Å². The normalized spacial score (nSPS) is 12.0. The summed E-state index contributed by atoms with van der Waals surface area (Å²) in [5.41, 5.74) is 5.32. The number of aryl methyl sites for hydroxylation is 2. The van der Waals surface area contributed by atoms with Gasteiger partial charge in [0, 0.05) is 5.92 Å². The summed E-state index contributed by atoms with van der Waals surface area (Å²) >= 11 is 0. The fraction of sp³-hybridized carbons (Fsp3) is 0.348. The fourth-order valence-corrected chi connectivity index (χ4v) is 3.55. The van der Waals surface area contributed by atoms with Gasteiger partial charge in [0.25, 0.3) is 0 Å². The molecule has 0 spiro atoms. The van der Waals surface area contributed by atoms with E-state index in [9.17, 15) is 9.90 Å². The highest BCUT2D eigenvalue weighted by atomic mass is 16.5. The molecule has 0 heterocycles. The van der Waals surface area contributed by atoms with Gasteiger partial charge in [0.2, 0.25) is 0 Å². The highest BCUT2D eigenvalue weighted by Crippen LogP contribution is 2.38. The molecule has 0 amide bonds. The number of hydrogen-bond donors (Lipinski definition) is 2. The molecule has 27 heavy (non-hydrogen) atoms. The Balaban J connectivity index is 2.49. The Morgan fingerprint density at radius 3 is 2.33 bits per heavy atom. The first-order valence-electron chi connectivity index (χ1n) is 9.14. The number of phenols is 1. The molecule has 2 rings (SSSR count). The molecule has 1 atom stereocenters. The van der Waals surface area contributed by atoms with Gasteiger partial charge in [-0.05, 0) is 72.2 Å². The van der Waals surface area contributed by atoms with E-state index in [1.165, 1.54) is 5.56 Å². The van der Waals surface area contributed by atoms with Gasteiger partial charge in [0.15, 0.2) is 6.61 Å². The summed E-state index contributed by atoms with van der Waals surface area (Å²) in [6.07, 6.45) is 2.67. The Hall–Kier alpha value is -2.75. The van der Waals surface area contributed by atoms with Crippen molar-refractivity contribution in [2.75, 3.05) is 6.61 Å². The summed E-state index contributed by atoms with van der Waals surface area (Å²) in [5, 5.41) is 19.0. The van der Waals surface area contributed by atoms with Crippen molar-refractivity contribution in [3.05, 3.63) is 70.8 Å². The highest BCUT2D eigenvalue weighted by Gasteiger charge is 2.20. The fourth-order valence-electron chi connectivity index (χ4n) is 3.55. The first-order chi connectivity index (χ1) is 12.7. The summed E-state index contributed by atoms with van der Waals surface area (Å²) in [4.78, 5) is 10.7. The molecule has 2 N–H and O–H groups in total. The second-order valence-corrected chi connectivity index (χ2v) is 7.20. The van der Waals surface area contributed by atoms with Crippen molar-refractivity contribution >= 4 is 5.97 Å². The smallest absolute Gasteiger partial charge is 0.341 e. The van der Waals surface area contributed by atoms with Gasteiger partial charge < -0.3 is 14.9 Å². The van der Waals surface area contributed by atoms with Crippen LogP contribution in [0.3, 0.4) is 0 Å². The number of rotatable bonds is 8. The highest BCUT2D eigenvalue weighted by molar-refractivity contribution is 5.68. The van der Waals surface area contributed by atoms with Gasteiger partial charge in [-0.1, -0.05) is 32.1 Å². The Labute approximate surface area is 161 Å². The van der Waals surface area contributed by atoms with Gasteiger partial charge in [0.05, 0.1) is 0 Å². The third-order valence-electron chi connectivity index (χ3n) is 4.76. The van der Waals surface area contributed by atoms with E-state index in [2.05, 4.69) is 26.5 Å². The number of hydrogen-bond acceptors (Lipinski definition) is 3. The molecule has 0 saturated carbocycles. The Morgan fingerprint density at radius 1 is 1.19 bits per heavy atom. The van der Waals surface area contributed by atoms with Crippen molar-refractivity contribution in [3.8, 4) is 11.5 Å². The molecule has 0 bridgehead atoms. The van der Waals surface area contributed by atoms with Gasteiger partial charge in [-0.3, -0.25) is 0 Å². The van der Waals surface area contributed by atoms with Crippen molar-refractivity contribution in [1.29, 1.82) is 0 Å². The summed E-state index contributed by atoms with van der Waals surface area (Å²) in [5.74, 6) is 0.209. The zero-order valence-corrected chi connectivity index (χ0v) is 16.5. The van der Waals surface area contributed by atoms with E-state index in [1.807, 2.05) is 38.1 Å². The summed E-state index contributed by atoms with van der Waals surface area (Å²) in [7, 11) is 0. The van der Waals surface area contributed by atoms with E-state index in [0.717, 1.165) is 28.7 Å². The van der Waals surface area contributed by atoms with E-state index < -0.39 is 5.97 Å². The van der Waals surface area contributed by atoms with Crippen LogP contribution in [0.15, 0.2) is 43.0 Å². The lowest BCUT2D eigenvalue weighted by Crippen LogP contribution is -2.11. The molecule has 4 heteroatoms. The lowest BCUT2D eigenvalue weighted by molar-refractivity contribution is -0.139. The molecule has 2 aromatic carbocycles. The quantitative estimate of drug-likeness (QED) is 0.620. The Kier molecular flexibility index (Phi) is 6.67. The number of carboxylic acid groups (broad SMARTS) is 1. The van der Waals surface area contributed by atoms with Crippen LogP contribution in [0.25, 0.3) is 0 Å². The molecule has 0 radical (unpaired) electrons. The topological polar surface area (TPSA) is 66.8 Å². The van der Waals surface area contributed by atoms with E-state index in [1.54, 1.807) is 6.07 Å². The minimum atomic E-state index is -0.996. The van der Waals surface area contributed by atoms with Crippen molar-refractivity contribution in [2.45, 2.75) is 46.0 Å². The summed E-state index contributed by atoms with van der Waals surface area (Å²) in [6, 6.07) is 9.55. The number of allylic oxidation sites excluding steroid dienone is 1. The van der Waals surface area contributed by atoms with Crippen molar-refractivity contribution in [2.24, 2.45) is 0 Å². The standard InChI is InChI=1S/C23H28O4/c1-6-7-19(17-8-9-21(24)20(12-17)14(2)3)23-15(4)10-18(11-16(23)5)27-13-22(25)26/h6,8-12,14,19,24H,1,7,13H2,2-5H3,(H,25,26). The van der Waals surface area contributed by atoms with Crippen LogP contribution in [0.1, 0.15) is 59.9 Å². The van der Waals surface area contributed by atoms with Crippen molar-refractivity contribution in [3.63, 3.8) is 0 Å². The monoisotopic (exact) mass is 368 g/mol. The van der Waals surface area contributed by atoms with Crippen LogP contribution in [-0.2, 0) is 4.79 Å². The molecular weight excluding hydrogens is 340 g/mol. The zero-order valence-electron chi connectivity index (χ0n) is 16.5. The second kappa shape index (κ2) is 8.76. The van der Waals surface area contributed by atoms with Gasteiger partial charge >= 0.3 is 5.97 Å². The van der Waals surface area contributed by atoms with Crippen molar-refractivity contribution < 1.29 is 19.7 Å². The Morgan fingerprint density at radius 2 is 1.81 bits per heavy atom. The average Bonchev–Trinajstić information content (AvgIpc) is 2.59. The van der Waals surface area contributed by atoms with Crippen LogP contribution in [0.5, 0.6) is 11.5 Å². The SMILES string of the molecule is C=CCC(c1ccc(O)c(C(C)C)c1)c1c(C)cc(OCC(=O)O)cc1C. The predicted octanol–water partition coefficient (Wildman–Crippen LogP) is 5.30. The molecule has 4 nitrogen and oxygen atoms in total. The number of ether oxygens (including phenoxy) is 1. The van der Waals surface area contributed by atoms with E-state index in [4.69, 9.17) is 9.84 Å². The molecule has 0 aliphatic heterocycles. The third kappa shape index (κ3) is 4.91. The molecule has 2 aromatic rings. The first kappa shape index (κ1) is 20.6. The minimum absolute atomic E-state index is 0.106. The zero-order chi connectivity index (χ0) is 20.1. The van der Waals surface area contributed by atoms with Crippen LogP contribution in [-0.4, -0.2) is 22.8 Å². The molecule has 0 saturated heterocycles. The molecular formula is C23H28O4. The maximum absolute atomic E-state index is 10.7. The average molecular weight is 368 g/mol. The summed E-state index contributed by atoms with van der Waals surface area (Å²) < 4.78 is 5.34. The number of phenolic OH excluding ortho intramolecular Hbond substituents is 1. The van der Waals surface area contributed by atoms with Crippen LogP contribution in [0, 0.1) is 13.8 Å². The van der Waals surface area contributed by atoms with E-state index >= 15 is 0 Å². The number of aliphatic carboxylic acids is 1. The minimum Gasteiger partial charge on any atom is -0.508 e. The number of carbonyl (C=O) groups is 1. The number of aromatic hydroxyl groups is 1. The van der Waals surface area contributed by atoms with Crippen LogP contribution in [0.4, 0.5) is 0 Å². The first-order valence-corrected chi connectivity index (χ1v) is 9.14. The predicted molar refractivity (Wildman–Crippen MR) is 108 cm³/mol. The van der Waals surface area contributed by atoms with Gasteiger partial charge in [-0.2, -0.15) is 0 Å². The van der Waals surface area contributed by atoms with Crippen LogP contribution in [0.2, 0.25) is 0 Å². The molecule has 1 unspecified atom stereocenters. The van der Waals surface area contributed by atoms with Gasteiger partial charge in [-0.15, -0.1) is 6.58 Å². The number of benzene rings is 2. The summed E-state index contributed by atoms with van der Waals surface area (Å²) in [6.45, 7) is 11.7. The molecule has 0 aliphatic carbocycles. The molecule has 144 valence electrons. The van der Waals surface area contributed by atoms with E-state index in [0.29, 0.717) is 11.5 Å². The van der Waals surface area contributed by atoms with Gasteiger partial charge in [-0.25, -0.2) is 4.79 Å². The largest absolute Gasteiger partial charge is 0.508 e. The number of carboxylic acids is 1. The van der Waals surface area contributed by atoms with Gasteiger partial charge in [0.1, 0.15) is 11.5 Å².